The van der Waals surface area contributed by atoms with Gasteiger partial charge >= 0.3 is 0 Å². The molecule has 1 heterocycles. The second kappa shape index (κ2) is 8.78. The van der Waals surface area contributed by atoms with E-state index < -0.39 is 10.0 Å². The molecule has 0 spiro atoms. The first-order valence-corrected chi connectivity index (χ1v) is 10.4. The fourth-order valence-electron chi connectivity index (χ4n) is 3.12. The van der Waals surface area contributed by atoms with Crippen molar-refractivity contribution in [3.05, 3.63) is 29.3 Å². The Balaban J connectivity index is 2.11. The standard InChI is InChI=1S/C18H29N3O3S/c1-4-10-21(11-7-18(22)20-12-8-19-9-13-20)25(23,24)17-6-5-15(2)14-16(17)3/h5-6,14,19H,4,7-13H2,1-3H3. The fourth-order valence-corrected chi connectivity index (χ4v) is 4.86. The van der Waals surface area contributed by atoms with E-state index in [1.807, 2.05) is 37.8 Å². The van der Waals surface area contributed by atoms with E-state index in [2.05, 4.69) is 5.32 Å². The van der Waals surface area contributed by atoms with Gasteiger partial charge in [-0.1, -0.05) is 24.6 Å². The maximum atomic E-state index is 13.0. The molecular formula is C18H29N3O3S. The lowest BCUT2D eigenvalue weighted by molar-refractivity contribution is -0.131. The molecule has 0 unspecified atom stereocenters. The van der Waals surface area contributed by atoms with Gasteiger partial charge in [0.15, 0.2) is 0 Å². The van der Waals surface area contributed by atoms with Gasteiger partial charge in [-0.05, 0) is 31.9 Å². The van der Waals surface area contributed by atoms with Crippen LogP contribution in [0.25, 0.3) is 0 Å². The number of carbonyl (C=O) groups excluding carboxylic acids is 1. The van der Waals surface area contributed by atoms with Crippen molar-refractivity contribution in [2.24, 2.45) is 0 Å². The van der Waals surface area contributed by atoms with Crippen LogP contribution in [0.15, 0.2) is 23.1 Å². The van der Waals surface area contributed by atoms with Gasteiger partial charge in [0.25, 0.3) is 0 Å². The number of carbonyl (C=O) groups is 1. The number of sulfonamides is 1. The fraction of sp³-hybridized carbons (Fsp3) is 0.611. The molecule has 140 valence electrons. The molecule has 0 bridgehead atoms. The van der Waals surface area contributed by atoms with Crippen LogP contribution in [0.3, 0.4) is 0 Å². The predicted molar refractivity (Wildman–Crippen MR) is 99.0 cm³/mol. The van der Waals surface area contributed by atoms with E-state index in [1.165, 1.54) is 4.31 Å². The molecule has 2 rings (SSSR count). The SMILES string of the molecule is CCCN(CCC(=O)N1CCNCC1)S(=O)(=O)c1ccc(C)cc1C. The average molecular weight is 368 g/mol. The van der Waals surface area contributed by atoms with Crippen molar-refractivity contribution in [3.8, 4) is 0 Å². The maximum Gasteiger partial charge on any atom is 0.243 e. The van der Waals surface area contributed by atoms with Crippen LogP contribution < -0.4 is 5.32 Å². The molecule has 1 aromatic carbocycles. The molecule has 0 aliphatic carbocycles. The lowest BCUT2D eigenvalue weighted by atomic mass is 10.2. The number of nitrogens with zero attached hydrogens (tertiary/aromatic N) is 2. The van der Waals surface area contributed by atoms with Crippen molar-refractivity contribution >= 4 is 15.9 Å². The highest BCUT2D eigenvalue weighted by atomic mass is 32.2. The van der Waals surface area contributed by atoms with Crippen molar-refractivity contribution in [2.45, 2.75) is 38.5 Å². The molecule has 0 aromatic heterocycles. The molecule has 0 saturated carbocycles. The Morgan fingerprint density at radius 2 is 1.88 bits per heavy atom. The molecule has 1 N–H and O–H groups in total. The molecule has 6 nitrogen and oxygen atoms in total. The lowest BCUT2D eigenvalue weighted by Gasteiger charge is -2.29. The number of benzene rings is 1. The summed E-state index contributed by atoms with van der Waals surface area (Å²) in [6, 6.07) is 5.36. The van der Waals surface area contributed by atoms with Gasteiger partial charge in [-0.3, -0.25) is 4.79 Å². The molecule has 1 amide bonds. The zero-order chi connectivity index (χ0) is 18.4. The van der Waals surface area contributed by atoms with Crippen LogP contribution in [0.1, 0.15) is 30.9 Å². The summed E-state index contributed by atoms with van der Waals surface area (Å²) >= 11 is 0. The van der Waals surface area contributed by atoms with Gasteiger partial charge < -0.3 is 10.2 Å². The summed E-state index contributed by atoms with van der Waals surface area (Å²) in [5, 5.41) is 3.21. The molecule has 1 aliphatic rings. The normalized spacial score (nSPS) is 15.6. The number of hydrogen-bond acceptors (Lipinski definition) is 4. The molecule has 0 atom stereocenters. The number of hydrogen-bond donors (Lipinski definition) is 1. The highest BCUT2D eigenvalue weighted by Gasteiger charge is 2.27. The van der Waals surface area contributed by atoms with Gasteiger partial charge in [0.05, 0.1) is 4.90 Å². The highest BCUT2D eigenvalue weighted by molar-refractivity contribution is 7.89. The number of aryl methyl sites for hydroxylation is 2. The molecular weight excluding hydrogens is 338 g/mol. The van der Waals surface area contributed by atoms with Gasteiger partial charge in [-0.25, -0.2) is 8.42 Å². The van der Waals surface area contributed by atoms with Crippen molar-refractivity contribution < 1.29 is 13.2 Å². The largest absolute Gasteiger partial charge is 0.340 e. The summed E-state index contributed by atoms with van der Waals surface area (Å²) in [5.74, 6) is 0.0263. The minimum atomic E-state index is -3.59. The Hall–Kier alpha value is -1.44. The quantitative estimate of drug-likeness (QED) is 0.793. The van der Waals surface area contributed by atoms with Gasteiger partial charge in [0.1, 0.15) is 0 Å². The minimum absolute atomic E-state index is 0.0263. The van der Waals surface area contributed by atoms with Crippen LogP contribution in [0.4, 0.5) is 0 Å². The monoisotopic (exact) mass is 367 g/mol. The molecule has 7 heteroatoms. The van der Waals surface area contributed by atoms with Crippen LogP contribution in [-0.2, 0) is 14.8 Å². The third-order valence-corrected chi connectivity index (χ3v) is 6.52. The summed E-state index contributed by atoms with van der Waals surface area (Å²) in [6.45, 7) is 9.33. The van der Waals surface area contributed by atoms with Gasteiger partial charge in [-0.2, -0.15) is 4.31 Å². The number of piperazine rings is 1. The lowest BCUT2D eigenvalue weighted by Crippen LogP contribution is -2.47. The van der Waals surface area contributed by atoms with E-state index in [4.69, 9.17) is 0 Å². The first-order chi connectivity index (χ1) is 11.9. The number of nitrogens with one attached hydrogen (secondary N) is 1. The van der Waals surface area contributed by atoms with Crippen molar-refractivity contribution in [3.63, 3.8) is 0 Å². The first-order valence-electron chi connectivity index (χ1n) is 8.92. The van der Waals surface area contributed by atoms with Crippen LogP contribution in [0, 0.1) is 13.8 Å². The van der Waals surface area contributed by atoms with Crippen LogP contribution in [0.5, 0.6) is 0 Å². The Bertz CT molecular complexity index is 698. The topological polar surface area (TPSA) is 69.7 Å². The summed E-state index contributed by atoms with van der Waals surface area (Å²) in [4.78, 5) is 14.5. The molecule has 0 radical (unpaired) electrons. The molecule has 1 aromatic rings. The second-order valence-electron chi connectivity index (χ2n) is 6.55. The molecule has 1 aliphatic heterocycles. The van der Waals surface area contributed by atoms with Gasteiger partial charge in [0, 0.05) is 45.7 Å². The Kier molecular flexibility index (Phi) is 6.98. The zero-order valence-electron chi connectivity index (χ0n) is 15.4. The van der Waals surface area contributed by atoms with Crippen LogP contribution >= 0.6 is 0 Å². The van der Waals surface area contributed by atoms with Crippen LogP contribution in [0.2, 0.25) is 0 Å². The van der Waals surface area contributed by atoms with Crippen molar-refractivity contribution in [2.75, 3.05) is 39.3 Å². The smallest absolute Gasteiger partial charge is 0.243 e. The van der Waals surface area contributed by atoms with E-state index in [0.29, 0.717) is 31.0 Å². The summed E-state index contributed by atoms with van der Waals surface area (Å²) < 4.78 is 27.5. The first kappa shape index (κ1) is 19.9. The van der Waals surface area contributed by atoms with Gasteiger partial charge in [0.2, 0.25) is 15.9 Å². The van der Waals surface area contributed by atoms with Crippen molar-refractivity contribution in [1.82, 2.24) is 14.5 Å². The summed E-state index contributed by atoms with van der Waals surface area (Å²) in [5.41, 5.74) is 1.78. The Labute approximate surface area is 151 Å². The summed E-state index contributed by atoms with van der Waals surface area (Å²) in [6.07, 6.45) is 0.941. The van der Waals surface area contributed by atoms with Crippen LogP contribution in [-0.4, -0.2) is 62.8 Å². The predicted octanol–water partition coefficient (Wildman–Crippen LogP) is 1.53. The molecule has 1 saturated heterocycles. The third kappa shape index (κ3) is 5.03. The van der Waals surface area contributed by atoms with E-state index >= 15 is 0 Å². The average Bonchev–Trinajstić information content (AvgIpc) is 2.58. The van der Waals surface area contributed by atoms with E-state index in [9.17, 15) is 13.2 Å². The third-order valence-electron chi connectivity index (χ3n) is 4.47. The Morgan fingerprint density at radius 1 is 1.20 bits per heavy atom. The number of amides is 1. The zero-order valence-corrected chi connectivity index (χ0v) is 16.2. The molecule has 1 fully saturated rings. The number of rotatable bonds is 7. The Morgan fingerprint density at radius 3 is 2.48 bits per heavy atom. The summed E-state index contributed by atoms with van der Waals surface area (Å²) in [7, 11) is -3.59. The van der Waals surface area contributed by atoms with Crippen molar-refractivity contribution in [1.29, 1.82) is 0 Å². The van der Waals surface area contributed by atoms with E-state index in [1.54, 1.807) is 6.07 Å². The highest BCUT2D eigenvalue weighted by Crippen LogP contribution is 2.21. The maximum absolute atomic E-state index is 13.0. The molecule has 25 heavy (non-hydrogen) atoms. The van der Waals surface area contributed by atoms with Gasteiger partial charge in [-0.15, -0.1) is 0 Å². The van der Waals surface area contributed by atoms with E-state index in [0.717, 1.165) is 24.2 Å². The minimum Gasteiger partial charge on any atom is -0.340 e. The van der Waals surface area contributed by atoms with E-state index in [-0.39, 0.29) is 18.9 Å². The second-order valence-corrected chi connectivity index (χ2v) is 8.46.